The van der Waals surface area contributed by atoms with E-state index in [0.717, 1.165) is 18.6 Å². The van der Waals surface area contributed by atoms with Crippen molar-refractivity contribution in [1.82, 2.24) is 0 Å². The second-order valence-electron chi connectivity index (χ2n) is 4.53. The third kappa shape index (κ3) is 16.1. The number of alkyl halides is 3. The van der Waals surface area contributed by atoms with E-state index in [1.165, 1.54) is 32.1 Å². The van der Waals surface area contributed by atoms with Crippen LogP contribution in [0.3, 0.4) is 0 Å². The highest BCUT2D eigenvalue weighted by molar-refractivity contribution is 7.80. The fourth-order valence-electron chi connectivity index (χ4n) is 1.68. The lowest BCUT2D eigenvalue weighted by atomic mass is 10.1. The summed E-state index contributed by atoms with van der Waals surface area (Å²) in [4.78, 5) is 0. The minimum atomic E-state index is -4.05. The van der Waals surface area contributed by atoms with Gasteiger partial charge in [-0.2, -0.15) is 25.8 Å². The summed E-state index contributed by atoms with van der Waals surface area (Å²) < 4.78 is 40.6. The van der Waals surface area contributed by atoms with Gasteiger partial charge in [0, 0.05) is 19.6 Å². The molecule has 0 fully saturated rings. The maximum Gasteiger partial charge on any atom is 0.389 e. The second-order valence-corrected chi connectivity index (χ2v) is 4.98. The Hall–Kier alpha value is 0.100. The van der Waals surface area contributed by atoms with Crippen molar-refractivity contribution in [2.75, 3.05) is 19.0 Å². The number of rotatable bonds is 12. The number of thiol groups is 1. The Bertz CT molecular complexity index is 174. The Morgan fingerprint density at radius 3 is 1.78 bits per heavy atom. The molecular formula is C13H25F3OS. The number of unbranched alkanes of at least 4 members (excludes halogenated alkanes) is 6. The molecule has 0 amide bonds. The predicted octanol–water partition coefficient (Wildman–Crippen LogP) is 5.01. The van der Waals surface area contributed by atoms with Crippen LogP contribution in [0, 0.1) is 0 Å². The summed E-state index contributed by atoms with van der Waals surface area (Å²) in [6.07, 6.45) is 3.48. The molecule has 0 aliphatic rings. The Morgan fingerprint density at radius 2 is 1.22 bits per heavy atom. The monoisotopic (exact) mass is 286 g/mol. The quantitative estimate of drug-likeness (QED) is 0.392. The van der Waals surface area contributed by atoms with E-state index in [1.54, 1.807) is 0 Å². The van der Waals surface area contributed by atoms with Crippen molar-refractivity contribution in [2.24, 2.45) is 0 Å². The molecule has 0 heterocycles. The minimum absolute atomic E-state index is 0.0766. The molecule has 0 aromatic rings. The van der Waals surface area contributed by atoms with Gasteiger partial charge in [0.25, 0.3) is 0 Å². The molecule has 0 aliphatic carbocycles. The van der Waals surface area contributed by atoms with Gasteiger partial charge in [0.15, 0.2) is 0 Å². The zero-order valence-electron chi connectivity index (χ0n) is 11.0. The largest absolute Gasteiger partial charge is 0.389 e. The molecule has 0 spiro atoms. The average molecular weight is 286 g/mol. The van der Waals surface area contributed by atoms with Gasteiger partial charge in [-0.25, -0.2) is 0 Å². The molecule has 0 aliphatic heterocycles. The molecule has 0 aromatic carbocycles. The zero-order valence-corrected chi connectivity index (χ0v) is 11.9. The molecule has 18 heavy (non-hydrogen) atoms. The molecule has 0 saturated heterocycles. The fraction of sp³-hybridized carbons (Fsp3) is 1.00. The van der Waals surface area contributed by atoms with E-state index in [0.29, 0.717) is 6.61 Å². The van der Waals surface area contributed by atoms with E-state index in [1.807, 2.05) is 0 Å². The van der Waals surface area contributed by atoms with Crippen LogP contribution in [0.15, 0.2) is 0 Å². The lowest BCUT2D eigenvalue weighted by Crippen LogP contribution is -2.09. The molecule has 0 N–H and O–H groups in total. The highest BCUT2D eigenvalue weighted by Gasteiger charge is 2.25. The number of halogens is 3. The lowest BCUT2D eigenvalue weighted by molar-refractivity contribution is -0.137. The summed E-state index contributed by atoms with van der Waals surface area (Å²) in [5.41, 5.74) is 0. The number of hydrogen-bond acceptors (Lipinski definition) is 2. The van der Waals surface area contributed by atoms with Crippen LogP contribution >= 0.6 is 12.6 Å². The average Bonchev–Trinajstić information content (AvgIpc) is 2.29. The van der Waals surface area contributed by atoms with Crippen molar-refractivity contribution in [1.29, 1.82) is 0 Å². The highest BCUT2D eigenvalue weighted by Crippen LogP contribution is 2.21. The van der Waals surface area contributed by atoms with Crippen LogP contribution in [0.1, 0.15) is 57.8 Å². The van der Waals surface area contributed by atoms with E-state index < -0.39 is 12.6 Å². The van der Waals surface area contributed by atoms with Crippen LogP contribution in [0.2, 0.25) is 0 Å². The normalized spacial score (nSPS) is 12.0. The summed E-state index contributed by atoms with van der Waals surface area (Å²) in [6, 6.07) is 0. The molecule has 0 unspecified atom stereocenters. The van der Waals surface area contributed by atoms with Crippen molar-refractivity contribution in [3.8, 4) is 0 Å². The topological polar surface area (TPSA) is 9.23 Å². The molecule has 0 radical (unpaired) electrons. The van der Waals surface area contributed by atoms with Crippen LogP contribution in [0.4, 0.5) is 13.2 Å². The Labute approximate surface area is 114 Å². The van der Waals surface area contributed by atoms with Crippen LogP contribution in [-0.4, -0.2) is 25.1 Å². The summed E-state index contributed by atoms with van der Waals surface area (Å²) in [5.74, 6) is 0.964. The van der Waals surface area contributed by atoms with Crippen molar-refractivity contribution in [2.45, 2.75) is 64.0 Å². The molecule has 0 saturated carbocycles. The summed E-state index contributed by atoms with van der Waals surface area (Å²) in [7, 11) is 0. The molecule has 0 aromatic heterocycles. The maximum atomic E-state index is 11.8. The molecular weight excluding hydrogens is 261 g/mol. The SMILES string of the molecule is FC(F)(F)CCCOCCCCCCCCCS. The van der Waals surface area contributed by atoms with Crippen LogP contribution in [0.5, 0.6) is 0 Å². The van der Waals surface area contributed by atoms with Gasteiger partial charge in [-0.3, -0.25) is 0 Å². The van der Waals surface area contributed by atoms with Gasteiger partial charge >= 0.3 is 6.18 Å². The smallest absolute Gasteiger partial charge is 0.381 e. The van der Waals surface area contributed by atoms with Gasteiger partial charge in [-0.05, 0) is 25.0 Å². The Morgan fingerprint density at radius 1 is 0.722 bits per heavy atom. The third-order valence-corrected chi connectivity index (χ3v) is 3.01. The Balaban J connectivity index is 2.99. The highest BCUT2D eigenvalue weighted by atomic mass is 32.1. The van der Waals surface area contributed by atoms with Gasteiger partial charge in [0.05, 0.1) is 0 Å². The van der Waals surface area contributed by atoms with Crippen molar-refractivity contribution < 1.29 is 17.9 Å². The van der Waals surface area contributed by atoms with Crippen LogP contribution in [-0.2, 0) is 4.74 Å². The molecule has 0 rings (SSSR count). The van der Waals surface area contributed by atoms with E-state index in [2.05, 4.69) is 12.6 Å². The number of ether oxygens (including phenoxy) is 1. The zero-order chi connectivity index (χ0) is 13.7. The standard InChI is InChI=1S/C13H25F3OS/c14-13(15,16)9-8-11-17-10-6-4-2-1-3-5-7-12-18/h18H,1-12H2. The van der Waals surface area contributed by atoms with Gasteiger partial charge in [-0.1, -0.05) is 32.1 Å². The maximum absolute atomic E-state index is 11.8. The van der Waals surface area contributed by atoms with Gasteiger partial charge in [-0.15, -0.1) is 0 Å². The molecule has 110 valence electrons. The summed E-state index contributed by atoms with van der Waals surface area (Å²) in [6.45, 7) is 0.815. The van der Waals surface area contributed by atoms with E-state index >= 15 is 0 Å². The fourth-order valence-corrected chi connectivity index (χ4v) is 1.90. The van der Waals surface area contributed by atoms with Gasteiger partial charge in [0.1, 0.15) is 0 Å². The van der Waals surface area contributed by atoms with Crippen LogP contribution < -0.4 is 0 Å². The van der Waals surface area contributed by atoms with Crippen molar-refractivity contribution in [3.63, 3.8) is 0 Å². The molecule has 1 nitrogen and oxygen atoms in total. The molecule has 5 heteroatoms. The third-order valence-electron chi connectivity index (χ3n) is 2.70. The number of hydrogen-bond donors (Lipinski definition) is 1. The van der Waals surface area contributed by atoms with E-state index in [4.69, 9.17) is 4.74 Å². The van der Waals surface area contributed by atoms with Gasteiger partial charge < -0.3 is 4.74 Å². The first-order valence-electron chi connectivity index (χ1n) is 6.81. The van der Waals surface area contributed by atoms with E-state index in [-0.39, 0.29) is 13.0 Å². The van der Waals surface area contributed by atoms with Crippen LogP contribution in [0.25, 0.3) is 0 Å². The molecule has 0 bridgehead atoms. The first-order valence-corrected chi connectivity index (χ1v) is 7.45. The van der Waals surface area contributed by atoms with Crippen molar-refractivity contribution in [3.05, 3.63) is 0 Å². The Kier molecular flexibility index (Phi) is 12.2. The van der Waals surface area contributed by atoms with Crippen molar-refractivity contribution >= 4 is 12.6 Å². The summed E-state index contributed by atoms with van der Waals surface area (Å²) in [5, 5.41) is 0. The van der Waals surface area contributed by atoms with E-state index in [9.17, 15) is 13.2 Å². The first kappa shape index (κ1) is 18.1. The summed E-state index contributed by atoms with van der Waals surface area (Å²) >= 11 is 4.15. The second kappa shape index (κ2) is 12.2. The van der Waals surface area contributed by atoms with Gasteiger partial charge in [0.2, 0.25) is 0 Å². The minimum Gasteiger partial charge on any atom is -0.381 e. The lowest BCUT2D eigenvalue weighted by Gasteiger charge is -2.06. The predicted molar refractivity (Wildman–Crippen MR) is 72.3 cm³/mol. The first-order chi connectivity index (χ1) is 8.56. The molecule has 0 atom stereocenters.